The Labute approximate surface area is 173 Å². The molecular formula is C23H32N2O4. The fourth-order valence-corrected chi connectivity index (χ4v) is 3.33. The molecule has 0 fully saturated rings. The molecule has 0 aliphatic carbocycles. The van der Waals surface area contributed by atoms with Crippen LogP contribution in [-0.2, 0) is 11.3 Å². The first kappa shape index (κ1) is 22.6. The molecule has 6 heteroatoms. The van der Waals surface area contributed by atoms with Gasteiger partial charge in [-0.3, -0.25) is 9.69 Å². The molecule has 1 atom stereocenters. The van der Waals surface area contributed by atoms with Gasteiger partial charge in [0.05, 0.1) is 27.9 Å². The maximum absolute atomic E-state index is 12.6. The first-order valence-electron chi connectivity index (χ1n) is 9.80. The van der Waals surface area contributed by atoms with Gasteiger partial charge in [0.25, 0.3) is 0 Å². The van der Waals surface area contributed by atoms with Gasteiger partial charge in [0.1, 0.15) is 0 Å². The Balaban J connectivity index is 2.08. The number of carbonyl (C=O) groups is 1. The minimum Gasteiger partial charge on any atom is -0.493 e. The number of ether oxygens (including phenoxy) is 3. The van der Waals surface area contributed by atoms with Crippen LogP contribution in [-0.4, -0.2) is 45.7 Å². The lowest BCUT2D eigenvalue weighted by molar-refractivity contribution is -0.117. The summed E-state index contributed by atoms with van der Waals surface area (Å²) in [6, 6.07) is 11.7. The van der Waals surface area contributed by atoms with Crippen molar-refractivity contribution >= 4 is 11.6 Å². The van der Waals surface area contributed by atoms with Gasteiger partial charge in [0, 0.05) is 17.8 Å². The summed E-state index contributed by atoms with van der Waals surface area (Å²) in [5, 5.41) is 3.06. The smallest absolute Gasteiger partial charge is 0.238 e. The third kappa shape index (κ3) is 5.64. The molecular weight excluding hydrogens is 368 g/mol. The van der Waals surface area contributed by atoms with Gasteiger partial charge in [0.15, 0.2) is 11.5 Å². The first-order chi connectivity index (χ1) is 13.9. The topological polar surface area (TPSA) is 60.0 Å². The van der Waals surface area contributed by atoms with Crippen LogP contribution < -0.4 is 19.5 Å². The molecule has 29 heavy (non-hydrogen) atoms. The van der Waals surface area contributed by atoms with Crippen molar-refractivity contribution in [1.29, 1.82) is 0 Å². The number of rotatable bonds is 10. The summed E-state index contributed by atoms with van der Waals surface area (Å²) >= 11 is 0. The number of carbonyl (C=O) groups excluding carboxylic acids is 1. The predicted molar refractivity (Wildman–Crippen MR) is 116 cm³/mol. The lowest BCUT2D eigenvalue weighted by Gasteiger charge is -2.21. The zero-order chi connectivity index (χ0) is 21.4. The van der Waals surface area contributed by atoms with Crippen molar-refractivity contribution in [3.8, 4) is 17.2 Å². The average Bonchev–Trinajstić information content (AvgIpc) is 2.72. The highest BCUT2D eigenvalue weighted by Gasteiger charge is 2.18. The number of methoxy groups -OCH3 is 3. The zero-order valence-electron chi connectivity index (χ0n) is 18.2. The van der Waals surface area contributed by atoms with Gasteiger partial charge in [0.2, 0.25) is 11.7 Å². The van der Waals surface area contributed by atoms with Gasteiger partial charge in [-0.15, -0.1) is 0 Å². The molecule has 0 bridgehead atoms. The van der Waals surface area contributed by atoms with Crippen LogP contribution >= 0.6 is 0 Å². The summed E-state index contributed by atoms with van der Waals surface area (Å²) in [6.45, 7) is 5.10. The first-order valence-corrected chi connectivity index (χ1v) is 9.80. The van der Waals surface area contributed by atoms with Gasteiger partial charge >= 0.3 is 0 Å². The minimum absolute atomic E-state index is 0.0531. The number of amides is 1. The number of para-hydroxylation sites is 1. The molecule has 2 rings (SSSR count). The van der Waals surface area contributed by atoms with E-state index in [0.717, 1.165) is 23.2 Å². The van der Waals surface area contributed by atoms with E-state index in [-0.39, 0.29) is 12.5 Å². The lowest BCUT2D eigenvalue weighted by Crippen LogP contribution is -2.30. The number of hydrogen-bond acceptors (Lipinski definition) is 5. The van der Waals surface area contributed by atoms with E-state index in [9.17, 15) is 4.79 Å². The summed E-state index contributed by atoms with van der Waals surface area (Å²) in [5.74, 6) is 2.10. The number of likely N-dealkylation sites (N-methyl/N-ethyl adjacent to an activating group) is 1. The minimum atomic E-state index is -0.0531. The fraction of sp³-hybridized carbons (Fsp3) is 0.435. The van der Waals surface area contributed by atoms with Crippen LogP contribution in [0.2, 0.25) is 0 Å². The molecule has 6 nitrogen and oxygen atoms in total. The van der Waals surface area contributed by atoms with Gasteiger partial charge < -0.3 is 19.5 Å². The molecule has 1 N–H and O–H groups in total. The number of anilines is 1. The Morgan fingerprint density at radius 2 is 1.72 bits per heavy atom. The van der Waals surface area contributed by atoms with Crippen molar-refractivity contribution in [3.63, 3.8) is 0 Å². The molecule has 0 aliphatic rings. The highest BCUT2D eigenvalue weighted by atomic mass is 16.5. The molecule has 0 heterocycles. The SMILES string of the molecule is CC[C@H](C)c1ccccc1NC(=O)CN(C)Cc1ccc(OC)c(OC)c1OC. The quantitative estimate of drug-likeness (QED) is 0.644. The van der Waals surface area contributed by atoms with Crippen molar-refractivity contribution in [2.24, 2.45) is 0 Å². The van der Waals surface area contributed by atoms with Crippen LogP contribution in [0.3, 0.4) is 0 Å². The highest BCUT2D eigenvalue weighted by Crippen LogP contribution is 2.40. The third-order valence-electron chi connectivity index (χ3n) is 5.02. The predicted octanol–water partition coefficient (Wildman–Crippen LogP) is 4.30. The molecule has 1 amide bonds. The van der Waals surface area contributed by atoms with Crippen molar-refractivity contribution in [1.82, 2.24) is 4.90 Å². The van der Waals surface area contributed by atoms with Crippen molar-refractivity contribution in [3.05, 3.63) is 47.5 Å². The van der Waals surface area contributed by atoms with E-state index in [1.54, 1.807) is 21.3 Å². The van der Waals surface area contributed by atoms with Crippen LogP contribution in [0.15, 0.2) is 36.4 Å². The second kappa shape index (κ2) is 10.7. The number of benzene rings is 2. The van der Waals surface area contributed by atoms with E-state index in [0.29, 0.717) is 29.7 Å². The zero-order valence-corrected chi connectivity index (χ0v) is 18.2. The molecule has 0 saturated heterocycles. The van der Waals surface area contributed by atoms with Crippen LogP contribution in [0.25, 0.3) is 0 Å². The maximum atomic E-state index is 12.6. The Hall–Kier alpha value is -2.73. The molecule has 0 spiro atoms. The molecule has 0 aliphatic heterocycles. The molecule has 0 radical (unpaired) electrons. The summed E-state index contributed by atoms with van der Waals surface area (Å²) < 4.78 is 16.3. The normalized spacial score (nSPS) is 11.8. The molecule has 2 aromatic rings. The van der Waals surface area contributed by atoms with Gasteiger partial charge in [-0.25, -0.2) is 0 Å². The van der Waals surface area contributed by atoms with E-state index in [4.69, 9.17) is 14.2 Å². The van der Waals surface area contributed by atoms with Gasteiger partial charge in [-0.1, -0.05) is 38.1 Å². The monoisotopic (exact) mass is 400 g/mol. The van der Waals surface area contributed by atoms with E-state index in [1.165, 1.54) is 0 Å². The van der Waals surface area contributed by atoms with Crippen LogP contribution in [0.4, 0.5) is 5.69 Å². The number of nitrogens with zero attached hydrogens (tertiary/aromatic N) is 1. The average molecular weight is 401 g/mol. The van der Waals surface area contributed by atoms with Gasteiger partial charge in [-0.05, 0) is 37.1 Å². The van der Waals surface area contributed by atoms with Gasteiger partial charge in [-0.2, -0.15) is 0 Å². The third-order valence-corrected chi connectivity index (χ3v) is 5.02. The summed E-state index contributed by atoms with van der Waals surface area (Å²) in [5.41, 5.74) is 2.96. The standard InChI is InChI=1S/C23H32N2O4/c1-7-16(2)18-10-8-9-11-19(18)24-21(26)15-25(3)14-17-12-13-20(27-4)23(29-6)22(17)28-5/h8-13,16H,7,14-15H2,1-6H3,(H,24,26)/t16-/m0/s1. The highest BCUT2D eigenvalue weighted by molar-refractivity contribution is 5.93. The Kier molecular flexibility index (Phi) is 8.34. The lowest BCUT2D eigenvalue weighted by atomic mass is 9.97. The van der Waals surface area contributed by atoms with Crippen LogP contribution in [0.5, 0.6) is 17.2 Å². The summed E-state index contributed by atoms with van der Waals surface area (Å²) in [7, 11) is 6.66. The van der Waals surface area contributed by atoms with Crippen molar-refractivity contribution < 1.29 is 19.0 Å². The maximum Gasteiger partial charge on any atom is 0.238 e. The molecule has 0 saturated carbocycles. The van der Waals surface area contributed by atoms with E-state index >= 15 is 0 Å². The second-order valence-electron chi connectivity index (χ2n) is 7.11. The van der Waals surface area contributed by atoms with E-state index in [1.807, 2.05) is 42.3 Å². The van der Waals surface area contributed by atoms with Crippen LogP contribution in [0.1, 0.15) is 37.3 Å². The van der Waals surface area contributed by atoms with Crippen molar-refractivity contribution in [2.75, 3.05) is 40.2 Å². The molecule has 158 valence electrons. The number of hydrogen-bond donors (Lipinski definition) is 1. The second-order valence-corrected chi connectivity index (χ2v) is 7.11. The Morgan fingerprint density at radius 3 is 2.34 bits per heavy atom. The molecule has 0 unspecified atom stereocenters. The largest absolute Gasteiger partial charge is 0.493 e. The Morgan fingerprint density at radius 1 is 1.03 bits per heavy atom. The summed E-state index contributed by atoms with van der Waals surface area (Å²) in [6.07, 6.45) is 1.02. The fourth-order valence-electron chi connectivity index (χ4n) is 3.33. The van der Waals surface area contributed by atoms with E-state index in [2.05, 4.69) is 25.2 Å². The number of nitrogens with one attached hydrogen (secondary N) is 1. The van der Waals surface area contributed by atoms with Crippen LogP contribution in [0, 0.1) is 0 Å². The van der Waals surface area contributed by atoms with E-state index < -0.39 is 0 Å². The molecule has 2 aromatic carbocycles. The van der Waals surface area contributed by atoms with Crippen molar-refractivity contribution in [2.45, 2.75) is 32.7 Å². The Bertz CT molecular complexity index is 823. The molecule has 0 aromatic heterocycles. The summed E-state index contributed by atoms with van der Waals surface area (Å²) in [4.78, 5) is 14.6.